The molecule has 9 heteroatoms. The Hall–Kier alpha value is -2.32. The molecule has 0 aliphatic carbocycles. The van der Waals surface area contributed by atoms with Crippen LogP contribution < -0.4 is 9.04 Å². The summed E-state index contributed by atoms with van der Waals surface area (Å²) in [6.07, 6.45) is 0. The zero-order chi connectivity index (χ0) is 20.2. The minimum atomic E-state index is -4.26. The van der Waals surface area contributed by atoms with Crippen molar-refractivity contribution in [2.45, 2.75) is 18.7 Å². The van der Waals surface area contributed by atoms with Crippen LogP contribution in [0.3, 0.4) is 0 Å². The van der Waals surface area contributed by atoms with Crippen LogP contribution in [0.4, 0.5) is 10.1 Å². The normalized spacial score (nSPS) is 11.1. The Morgan fingerprint density at radius 3 is 2.48 bits per heavy atom. The lowest BCUT2D eigenvalue weighted by Crippen LogP contribution is -2.37. The Morgan fingerprint density at radius 2 is 1.93 bits per heavy atom. The van der Waals surface area contributed by atoms with Crippen LogP contribution in [0, 0.1) is 12.7 Å². The van der Waals surface area contributed by atoms with Crippen LogP contribution in [-0.4, -0.2) is 34.6 Å². The van der Waals surface area contributed by atoms with Crippen molar-refractivity contribution in [3.05, 3.63) is 52.8 Å². The highest BCUT2D eigenvalue weighted by molar-refractivity contribution is 7.92. The maximum absolute atomic E-state index is 14.0. The third kappa shape index (κ3) is 4.70. The van der Waals surface area contributed by atoms with Gasteiger partial charge in [-0.2, -0.15) is 0 Å². The van der Waals surface area contributed by atoms with Gasteiger partial charge in [-0.05, 0) is 55.8 Å². The number of nitrogens with zero attached hydrogens (tertiary/aromatic N) is 1. The van der Waals surface area contributed by atoms with E-state index in [9.17, 15) is 17.6 Å². The predicted molar refractivity (Wildman–Crippen MR) is 100 cm³/mol. The molecule has 0 saturated heterocycles. The average molecular weight is 416 g/mol. The van der Waals surface area contributed by atoms with Crippen molar-refractivity contribution in [3.63, 3.8) is 0 Å². The lowest BCUT2D eigenvalue weighted by atomic mass is 10.2. The molecule has 0 saturated carbocycles. The molecule has 0 spiro atoms. The molecular weight excluding hydrogens is 397 g/mol. The summed E-state index contributed by atoms with van der Waals surface area (Å²) in [5, 5.41) is 0.417. The molecule has 6 nitrogen and oxygen atoms in total. The van der Waals surface area contributed by atoms with Crippen LogP contribution >= 0.6 is 11.6 Å². The van der Waals surface area contributed by atoms with Gasteiger partial charge < -0.3 is 9.47 Å². The van der Waals surface area contributed by atoms with Gasteiger partial charge in [0.25, 0.3) is 10.0 Å². The number of sulfonamides is 1. The van der Waals surface area contributed by atoms with E-state index in [2.05, 4.69) is 0 Å². The molecule has 0 atom stereocenters. The second kappa shape index (κ2) is 8.58. The molecular formula is C18H19ClFNO5S. The van der Waals surface area contributed by atoms with Gasteiger partial charge in [-0.1, -0.05) is 11.6 Å². The fraction of sp³-hybridized carbons (Fsp3) is 0.278. The zero-order valence-electron chi connectivity index (χ0n) is 15.0. The smallest absolute Gasteiger partial charge is 0.326 e. The van der Waals surface area contributed by atoms with E-state index in [1.165, 1.54) is 31.4 Å². The summed E-state index contributed by atoms with van der Waals surface area (Å²) >= 11 is 5.94. The summed E-state index contributed by atoms with van der Waals surface area (Å²) in [5.74, 6) is -1.65. The Labute approximate surface area is 162 Å². The molecule has 2 aromatic carbocycles. The van der Waals surface area contributed by atoms with Crippen LogP contribution in [0.1, 0.15) is 12.5 Å². The van der Waals surface area contributed by atoms with E-state index in [0.29, 0.717) is 10.6 Å². The van der Waals surface area contributed by atoms with Crippen LogP contribution in [0.5, 0.6) is 5.75 Å². The Bertz CT molecular complexity index is 949. The van der Waals surface area contributed by atoms with E-state index in [-0.39, 0.29) is 22.9 Å². The van der Waals surface area contributed by atoms with E-state index >= 15 is 0 Å². The van der Waals surface area contributed by atoms with Crippen molar-refractivity contribution in [2.75, 3.05) is 24.6 Å². The predicted octanol–water partition coefficient (Wildman–Crippen LogP) is 3.55. The number of carbonyl (C=O) groups is 1. The summed E-state index contributed by atoms with van der Waals surface area (Å²) in [4.78, 5) is 11.7. The van der Waals surface area contributed by atoms with Crippen LogP contribution in [0.15, 0.2) is 41.3 Å². The van der Waals surface area contributed by atoms with Crippen LogP contribution in [0.25, 0.3) is 0 Å². The SMILES string of the molecule is CCOC(=O)CN(c1ccc(Cl)cc1C)S(=O)(=O)c1ccc(OC)c(F)c1. The first-order chi connectivity index (χ1) is 12.7. The number of aryl methyl sites for hydroxylation is 1. The van der Waals surface area contributed by atoms with Crippen molar-refractivity contribution in [2.24, 2.45) is 0 Å². The first-order valence-corrected chi connectivity index (χ1v) is 9.80. The van der Waals surface area contributed by atoms with Gasteiger partial charge in [-0.25, -0.2) is 12.8 Å². The molecule has 0 aromatic heterocycles. The molecule has 27 heavy (non-hydrogen) atoms. The first-order valence-electron chi connectivity index (χ1n) is 7.98. The number of rotatable bonds is 7. The number of carbonyl (C=O) groups excluding carboxylic acids is 1. The molecule has 0 amide bonds. The second-order valence-corrected chi connectivity index (χ2v) is 7.84. The van der Waals surface area contributed by atoms with Gasteiger partial charge in [0.15, 0.2) is 11.6 Å². The maximum Gasteiger partial charge on any atom is 0.326 e. The summed E-state index contributed by atoms with van der Waals surface area (Å²) in [6.45, 7) is 2.81. The molecule has 2 rings (SSSR count). The topological polar surface area (TPSA) is 72.9 Å². The van der Waals surface area contributed by atoms with E-state index in [4.69, 9.17) is 21.1 Å². The molecule has 0 unspecified atom stereocenters. The van der Waals surface area contributed by atoms with Crippen molar-refractivity contribution in [1.29, 1.82) is 0 Å². The molecule has 0 fully saturated rings. The van der Waals surface area contributed by atoms with E-state index in [0.717, 1.165) is 10.4 Å². The number of benzene rings is 2. The molecule has 2 aromatic rings. The molecule has 0 bridgehead atoms. The molecule has 0 heterocycles. The first kappa shape index (κ1) is 21.0. The highest BCUT2D eigenvalue weighted by Crippen LogP contribution is 2.30. The fourth-order valence-corrected chi connectivity index (χ4v) is 4.17. The number of halogens is 2. The van der Waals surface area contributed by atoms with Gasteiger partial charge >= 0.3 is 5.97 Å². The average Bonchev–Trinajstić information content (AvgIpc) is 2.60. The second-order valence-electron chi connectivity index (χ2n) is 5.54. The Kier molecular flexibility index (Phi) is 6.67. The van der Waals surface area contributed by atoms with Gasteiger partial charge in [-0.15, -0.1) is 0 Å². The van der Waals surface area contributed by atoms with Gasteiger partial charge in [0, 0.05) is 5.02 Å². The van der Waals surface area contributed by atoms with Gasteiger partial charge in [0.05, 0.1) is 24.3 Å². The minimum Gasteiger partial charge on any atom is -0.494 e. The zero-order valence-corrected chi connectivity index (χ0v) is 16.6. The lowest BCUT2D eigenvalue weighted by Gasteiger charge is -2.25. The third-order valence-electron chi connectivity index (χ3n) is 3.72. The van der Waals surface area contributed by atoms with E-state index in [1.54, 1.807) is 19.9 Å². The number of ether oxygens (including phenoxy) is 2. The van der Waals surface area contributed by atoms with Gasteiger partial charge in [0.1, 0.15) is 6.54 Å². The monoisotopic (exact) mass is 415 g/mol. The van der Waals surface area contributed by atoms with Gasteiger partial charge in [-0.3, -0.25) is 9.10 Å². The summed E-state index contributed by atoms with van der Waals surface area (Å²) in [6, 6.07) is 7.82. The molecule has 0 N–H and O–H groups in total. The highest BCUT2D eigenvalue weighted by atomic mass is 35.5. The molecule has 0 aliphatic heterocycles. The number of hydrogen-bond donors (Lipinski definition) is 0. The molecule has 0 aliphatic rings. The third-order valence-corrected chi connectivity index (χ3v) is 5.71. The number of anilines is 1. The largest absolute Gasteiger partial charge is 0.494 e. The van der Waals surface area contributed by atoms with Crippen LogP contribution in [0.2, 0.25) is 5.02 Å². The van der Waals surface area contributed by atoms with E-state index < -0.39 is 28.4 Å². The minimum absolute atomic E-state index is 0.0893. The van der Waals surface area contributed by atoms with Crippen molar-refractivity contribution < 1.29 is 27.1 Å². The summed E-state index contributed by atoms with van der Waals surface area (Å²) in [7, 11) is -2.98. The summed E-state index contributed by atoms with van der Waals surface area (Å²) in [5.41, 5.74) is 0.771. The van der Waals surface area contributed by atoms with Crippen LogP contribution in [-0.2, 0) is 19.6 Å². The lowest BCUT2D eigenvalue weighted by molar-refractivity contribution is -0.141. The molecule has 0 radical (unpaired) electrons. The van der Waals surface area contributed by atoms with Crippen molar-refractivity contribution >= 4 is 33.3 Å². The van der Waals surface area contributed by atoms with E-state index in [1.807, 2.05) is 0 Å². The quantitative estimate of drug-likeness (QED) is 0.646. The van der Waals surface area contributed by atoms with Crippen molar-refractivity contribution in [1.82, 2.24) is 0 Å². The number of esters is 1. The van der Waals surface area contributed by atoms with Crippen molar-refractivity contribution in [3.8, 4) is 5.75 Å². The standard InChI is InChI=1S/C18H19ClFNO5S/c1-4-26-18(22)11-21(16-7-5-13(19)9-12(16)2)27(23,24)14-6-8-17(25-3)15(20)10-14/h5-10H,4,11H2,1-3H3. The van der Waals surface area contributed by atoms with Gasteiger partial charge in [0.2, 0.25) is 0 Å². The number of methoxy groups -OCH3 is 1. The number of hydrogen-bond acceptors (Lipinski definition) is 5. The maximum atomic E-state index is 14.0. The Morgan fingerprint density at radius 1 is 1.22 bits per heavy atom. The Balaban J connectivity index is 2.57. The summed E-state index contributed by atoms with van der Waals surface area (Å²) < 4.78 is 50.9. The molecule has 146 valence electrons. The fourth-order valence-electron chi connectivity index (χ4n) is 2.46. The highest BCUT2D eigenvalue weighted by Gasteiger charge is 2.29.